The summed E-state index contributed by atoms with van der Waals surface area (Å²) in [7, 11) is 0. The predicted octanol–water partition coefficient (Wildman–Crippen LogP) is 5.87. The molecule has 0 saturated heterocycles. The molecule has 2 aromatic heterocycles. The van der Waals surface area contributed by atoms with E-state index in [0.29, 0.717) is 32.0 Å². The Balaban J connectivity index is 1.69. The highest BCUT2D eigenvalue weighted by atomic mass is 32.1. The van der Waals surface area contributed by atoms with Crippen LogP contribution in [0.4, 0.5) is 18.9 Å². The number of fused-ring (bicyclic) bond motifs is 1. The number of benzene rings is 2. The van der Waals surface area contributed by atoms with Crippen molar-refractivity contribution >= 4 is 38.9 Å². The Hall–Kier alpha value is -3.46. The molecular formula is C22H16F3N3O2S. The van der Waals surface area contributed by atoms with E-state index in [4.69, 9.17) is 0 Å². The Labute approximate surface area is 179 Å². The van der Waals surface area contributed by atoms with Gasteiger partial charge in [-0.05, 0) is 50.2 Å². The molecule has 5 nitrogen and oxygen atoms in total. The Morgan fingerprint density at radius 1 is 1.06 bits per heavy atom. The summed E-state index contributed by atoms with van der Waals surface area (Å²) in [5.74, 6) is -0.494. The zero-order valence-corrected chi connectivity index (χ0v) is 17.3. The molecule has 158 valence electrons. The van der Waals surface area contributed by atoms with Gasteiger partial charge in [-0.25, -0.2) is 4.68 Å². The monoisotopic (exact) mass is 443 g/mol. The van der Waals surface area contributed by atoms with Crippen LogP contribution < -0.4 is 5.32 Å². The molecule has 0 atom stereocenters. The molecular weight excluding hydrogens is 427 g/mol. The van der Waals surface area contributed by atoms with Crippen LogP contribution in [0.1, 0.15) is 38.2 Å². The zero-order chi connectivity index (χ0) is 22.3. The number of aromatic nitrogens is 2. The Morgan fingerprint density at radius 3 is 2.52 bits per heavy atom. The normalized spacial score (nSPS) is 11.6. The zero-order valence-electron chi connectivity index (χ0n) is 16.4. The van der Waals surface area contributed by atoms with Gasteiger partial charge >= 0.3 is 6.18 Å². The lowest BCUT2D eigenvalue weighted by Crippen LogP contribution is -2.10. The quantitative estimate of drug-likeness (QED) is 0.401. The van der Waals surface area contributed by atoms with Crippen molar-refractivity contribution in [2.45, 2.75) is 20.0 Å². The summed E-state index contributed by atoms with van der Waals surface area (Å²) in [4.78, 5) is 25.2. The number of nitrogens with one attached hydrogen (secondary N) is 1. The van der Waals surface area contributed by atoms with Crippen molar-refractivity contribution in [1.82, 2.24) is 9.78 Å². The van der Waals surface area contributed by atoms with Gasteiger partial charge in [-0.2, -0.15) is 18.3 Å². The number of hydrogen-bond donors (Lipinski definition) is 1. The highest BCUT2D eigenvalue weighted by molar-refractivity contribution is 7.20. The van der Waals surface area contributed by atoms with Crippen LogP contribution in [0.25, 0.3) is 15.9 Å². The number of aryl methyl sites for hydroxylation is 1. The molecule has 1 N–H and O–H groups in total. The van der Waals surface area contributed by atoms with E-state index in [1.165, 1.54) is 23.7 Å². The second-order valence-corrected chi connectivity index (χ2v) is 8.00. The number of rotatable bonds is 4. The van der Waals surface area contributed by atoms with Gasteiger partial charge < -0.3 is 5.32 Å². The standard InChI is InChI=1S/C22H16F3N3O2S/c1-12-18-11-19(20(30)26-16-7-3-5-14(9-16)13(2)29)31-21(18)28(27-12)17-8-4-6-15(10-17)22(23,24)25/h3-11H,1-2H3,(H,26,30). The van der Waals surface area contributed by atoms with Crippen LogP contribution in [-0.4, -0.2) is 21.5 Å². The number of ketones is 1. The minimum atomic E-state index is -4.47. The Bertz CT molecular complexity index is 1320. The summed E-state index contributed by atoms with van der Waals surface area (Å²) in [5.41, 5.74) is 1.04. The Kier molecular flexibility index (Phi) is 5.14. The molecule has 1 amide bonds. The average Bonchev–Trinajstić information content (AvgIpc) is 3.28. The fourth-order valence-corrected chi connectivity index (χ4v) is 4.23. The third-order valence-corrected chi connectivity index (χ3v) is 5.82. The summed E-state index contributed by atoms with van der Waals surface area (Å²) >= 11 is 1.13. The number of anilines is 1. The number of thiophene rings is 1. The summed E-state index contributed by atoms with van der Waals surface area (Å²) < 4.78 is 40.7. The third kappa shape index (κ3) is 4.09. The molecule has 4 rings (SSSR count). The molecule has 2 aromatic carbocycles. The molecule has 0 bridgehead atoms. The number of carbonyl (C=O) groups is 2. The van der Waals surface area contributed by atoms with Gasteiger partial charge in [-0.1, -0.05) is 18.2 Å². The van der Waals surface area contributed by atoms with E-state index in [9.17, 15) is 22.8 Å². The first-order valence-corrected chi connectivity index (χ1v) is 10.0. The van der Waals surface area contributed by atoms with Crippen molar-refractivity contribution in [3.05, 3.63) is 76.3 Å². The lowest BCUT2D eigenvalue weighted by atomic mass is 10.1. The SMILES string of the molecule is CC(=O)c1cccc(NC(=O)c2cc3c(C)nn(-c4cccc(C(F)(F)F)c4)c3s2)c1. The minimum absolute atomic E-state index is 0.116. The molecule has 0 spiro atoms. The molecule has 0 fully saturated rings. The molecule has 0 unspecified atom stereocenters. The number of nitrogens with zero attached hydrogens (tertiary/aromatic N) is 2. The van der Waals surface area contributed by atoms with Crippen LogP contribution >= 0.6 is 11.3 Å². The van der Waals surface area contributed by atoms with Crippen molar-refractivity contribution in [2.75, 3.05) is 5.32 Å². The Morgan fingerprint density at radius 2 is 1.81 bits per heavy atom. The van der Waals surface area contributed by atoms with E-state index >= 15 is 0 Å². The number of halogens is 3. The number of carbonyl (C=O) groups excluding carboxylic acids is 2. The number of hydrogen-bond acceptors (Lipinski definition) is 4. The molecule has 9 heteroatoms. The third-order valence-electron chi connectivity index (χ3n) is 4.71. The molecule has 0 aliphatic heterocycles. The fraction of sp³-hybridized carbons (Fsp3) is 0.136. The molecule has 0 saturated carbocycles. The van der Waals surface area contributed by atoms with Crippen LogP contribution in [0.15, 0.2) is 54.6 Å². The first-order chi connectivity index (χ1) is 14.6. The largest absolute Gasteiger partial charge is 0.416 e. The van der Waals surface area contributed by atoms with Crippen molar-refractivity contribution < 1.29 is 22.8 Å². The maximum Gasteiger partial charge on any atom is 0.416 e. The van der Waals surface area contributed by atoms with Crippen molar-refractivity contribution in [2.24, 2.45) is 0 Å². The fourth-order valence-electron chi connectivity index (χ4n) is 3.16. The highest BCUT2D eigenvalue weighted by Crippen LogP contribution is 2.34. The first-order valence-electron chi connectivity index (χ1n) is 9.22. The molecule has 31 heavy (non-hydrogen) atoms. The van der Waals surface area contributed by atoms with Gasteiger partial charge in [0.05, 0.1) is 21.8 Å². The summed E-state index contributed by atoms with van der Waals surface area (Å²) in [6, 6.07) is 13.1. The summed E-state index contributed by atoms with van der Waals surface area (Å²) in [6.07, 6.45) is -4.47. The van der Waals surface area contributed by atoms with E-state index in [0.717, 1.165) is 23.5 Å². The van der Waals surface area contributed by atoms with Crippen molar-refractivity contribution in [1.29, 1.82) is 0 Å². The summed E-state index contributed by atoms with van der Waals surface area (Å²) in [5, 5.41) is 7.79. The maximum absolute atomic E-state index is 13.1. The predicted molar refractivity (Wildman–Crippen MR) is 113 cm³/mol. The average molecular weight is 443 g/mol. The second kappa shape index (κ2) is 7.66. The van der Waals surface area contributed by atoms with E-state index in [2.05, 4.69) is 10.4 Å². The van der Waals surface area contributed by atoms with Crippen LogP contribution in [0.5, 0.6) is 0 Å². The minimum Gasteiger partial charge on any atom is -0.321 e. The molecule has 4 aromatic rings. The first kappa shape index (κ1) is 20.8. The van der Waals surface area contributed by atoms with Gasteiger partial charge in [0.25, 0.3) is 5.91 Å². The smallest absolute Gasteiger partial charge is 0.321 e. The maximum atomic E-state index is 13.1. The molecule has 0 aliphatic carbocycles. The second-order valence-electron chi connectivity index (χ2n) is 6.97. The lowest BCUT2D eigenvalue weighted by Gasteiger charge is -2.09. The van der Waals surface area contributed by atoms with E-state index in [-0.39, 0.29) is 17.4 Å². The number of Topliss-reactive ketones (excluding diaryl/α,β-unsaturated/α-hetero) is 1. The van der Waals surface area contributed by atoms with Crippen LogP contribution in [0.2, 0.25) is 0 Å². The lowest BCUT2D eigenvalue weighted by molar-refractivity contribution is -0.137. The van der Waals surface area contributed by atoms with Crippen LogP contribution in [0, 0.1) is 6.92 Å². The molecule has 0 aliphatic rings. The molecule has 0 radical (unpaired) electrons. The van der Waals surface area contributed by atoms with Crippen LogP contribution in [0.3, 0.4) is 0 Å². The van der Waals surface area contributed by atoms with E-state index in [1.807, 2.05) is 0 Å². The van der Waals surface area contributed by atoms with Crippen molar-refractivity contribution in [3.63, 3.8) is 0 Å². The number of alkyl halides is 3. The van der Waals surface area contributed by atoms with Gasteiger partial charge in [0.2, 0.25) is 0 Å². The van der Waals surface area contributed by atoms with Gasteiger partial charge in [0.15, 0.2) is 5.78 Å². The summed E-state index contributed by atoms with van der Waals surface area (Å²) in [6.45, 7) is 3.17. The van der Waals surface area contributed by atoms with Gasteiger partial charge in [0.1, 0.15) is 4.83 Å². The highest BCUT2D eigenvalue weighted by Gasteiger charge is 2.31. The van der Waals surface area contributed by atoms with E-state index < -0.39 is 11.7 Å². The van der Waals surface area contributed by atoms with Crippen molar-refractivity contribution in [3.8, 4) is 5.69 Å². The number of amides is 1. The van der Waals surface area contributed by atoms with E-state index in [1.54, 1.807) is 37.3 Å². The van der Waals surface area contributed by atoms with Crippen LogP contribution in [-0.2, 0) is 6.18 Å². The van der Waals surface area contributed by atoms with Gasteiger partial charge in [-0.3, -0.25) is 9.59 Å². The topological polar surface area (TPSA) is 64.0 Å². The van der Waals surface area contributed by atoms with Gasteiger partial charge in [0, 0.05) is 16.6 Å². The van der Waals surface area contributed by atoms with Gasteiger partial charge in [-0.15, -0.1) is 11.3 Å². The molecule has 2 heterocycles.